The first-order valence-electron chi connectivity index (χ1n) is 7.09. The molecule has 0 fully saturated rings. The Morgan fingerprint density at radius 1 is 1.29 bits per heavy atom. The first-order chi connectivity index (χ1) is 10.2. The first-order valence-corrected chi connectivity index (χ1v) is 7.50. The van der Waals surface area contributed by atoms with E-state index >= 15 is 0 Å². The van der Waals surface area contributed by atoms with Crippen LogP contribution in [0.2, 0.25) is 0 Å². The quantitative estimate of drug-likeness (QED) is 0.518. The van der Waals surface area contributed by atoms with Crippen molar-refractivity contribution in [3.05, 3.63) is 58.1 Å². The fraction of sp³-hybridized carbons (Fsp3) is 0.294. The number of nitrogens with zero attached hydrogens (tertiary/aromatic N) is 1. The summed E-state index contributed by atoms with van der Waals surface area (Å²) in [5.41, 5.74) is 3.33. The summed E-state index contributed by atoms with van der Waals surface area (Å²) in [7, 11) is 0. The maximum absolute atomic E-state index is 12.3. The van der Waals surface area contributed by atoms with Crippen LogP contribution in [0, 0.1) is 5.92 Å². The molecule has 3 nitrogen and oxygen atoms in total. The minimum absolute atomic E-state index is 0.153. The Bertz CT molecular complexity index is 684. The van der Waals surface area contributed by atoms with Crippen LogP contribution in [-0.4, -0.2) is 16.6 Å². The number of carbonyl (C=O) groups excluding carboxylic acids is 1. The van der Waals surface area contributed by atoms with Crippen molar-refractivity contribution in [2.45, 2.75) is 25.7 Å². The minimum atomic E-state index is -0.200. The van der Waals surface area contributed by atoms with E-state index in [0.29, 0.717) is 23.4 Å². The zero-order valence-electron chi connectivity index (χ0n) is 11.6. The van der Waals surface area contributed by atoms with Crippen LogP contribution in [0.4, 0.5) is 0 Å². The third kappa shape index (κ3) is 2.60. The average molecular weight is 295 g/mol. The van der Waals surface area contributed by atoms with E-state index < -0.39 is 0 Å². The van der Waals surface area contributed by atoms with Gasteiger partial charge >= 0.3 is 0 Å². The molecule has 2 aliphatic rings. The molecule has 0 spiro atoms. The number of allylic oxidation sites excluding steroid dienone is 2. The molecule has 106 valence electrons. The fourth-order valence-electron chi connectivity index (χ4n) is 3.09. The summed E-state index contributed by atoms with van der Waals surface area (Å²) in [6.45, 7) is 0. The first kappa shape index (κ1) is 13.9. The van der Waals surface area contributed by atoms with E-state index in [4.69, 9.17) is 12.2 Å². The molecule has 1 heterocycles. The standard InChI is InChI=1S/C17H15N2OS/c18-10-13-12(9-11-5-2-1-3-6-11)16-14(19-17(13)21)7-4-8-15(16)20/h1-3,5-6,12H,4,7-9H2,(H,19,21)/q-1. The smallest absolute Gasteiger partial charge is 0.161 e. The lowest BCUT2D eigenvalue weighted by Gasteiger charge is -2.34. The molecule has 0 amide bonds. The highest BCUT2D eigenvalue weighted by atomic mass is 32.1. The molecule has 4 heteroatoms. The van der Waals surface area contributed by atoms with Gasteiger partial charge in [0.2, 0.25) is 0 Å². The molecule has 3 rings (SSSR count). The van der Waals surface area contributed by atoms with Crippen LogP contribution in [0.1, 0.15) is 24.8 Å². The summed E-state index contributed by atoms with van der Waals surface area (Å²) in [6.07, 6.45) is 2.91. The van der Waals surface area contributed by atoms with Crippen LogP contribution in [0.5, 0.6) is 0 Å². The van der Waals surface area contributed by atoms with Gasteiger partial charge in [-0.25, -0.2) is 0 Å². The van der Waals surface area contributed by atoms with Crippen molar-refractivity contribution in [3.63, 3.8) is 0 Å². The summed E-state index contributed by atoms with van der Waals surface area (Å²) < 4.78 is 0. The van der Waals surface area contributed by atoms with Crippen molar-refractivity contribution < 1.29 is 4.79 Å². The van der Waals surface area contributed by atoms with Crippen molar-refractivity contribution in [1.29, 1.82) is 0 Å². The molecule has 0 saturated heterocycles. The molecular formula is C17H15N2OS-. The van der Waals surface area contributed by atoms with Crippen molar-refractivity contribution >= 4 is 28.9 Å². The number of nitrogens with one attached hydrogen (secondary N) is 1. The van der Waals surface area contributed by atoms with E-state index in [1.54, 1.807) is 0 Å². The van der Waals surface area contributed by atoms with Gasteiger partial charge < -0.3 is 10.7 Å². The lowest BCUT2D eigenvalue weighted by molar-refractivity contribution is -0.116. The Morgan fingerprint density at radius 3 is 2.76 bits per heavy atom. The minimum Gasteiger partial charge on any atom is -0.763 e. The summed E-state index contributed by atoms with van der Waals surface area (Å²) in [5, 5.41) is 12.5. The van der Waals surface area contributed by atoms with Crippen molar-refractivity contribution in [3.8, 4) is 0 Å². The van der Waals surface area contributed by atoms with E-state index in [0.717, 1.165) is 29.7 Å². The van der Waals surface area contributed by atoms with Gasteiger partial charge in [0.05, 0.1) is 0 Å². The highest BCUT2D eigenvalue weighted by molar-refractivity contribution is 7.80. The van der Waals surface area contributed by atoms with E-state index in [1.807, 2.05) is 30.3 Å². The average Bonchev–Trinajstić information content (AvgIpc) is 2.48. The Hall–Kier alpha value is -2.03. The van der Waals surface area contributed by atoms with Crippen LogP contribution in [-0.2, 0) is 11.2 Å². The van der Waals surface area contributed by atoms with E-state index in [-0.39, 0.29) is 11.7 Å². The Morgan fingerprint density at radius 2 is 2.05 bits per heavy atom. The second-order valence-corrected chi connectivity index (χ2v) is 5.80. The topological polar surface area (TPSA) is 51.4 Å². The molecule has 21 heavy (non-hydrogen) atoms. The maximum atomic E-state index is 12.3. The van der Waals surface area contributed by atoms with Gasteiger partial charge in [-0.15, -0.1) is 0 Å². The van der Waals surface area contributed by atoms with Crippen molar-refractivity contribution in [2.24, 2.45) is 5.92 Å². The molecule has 1 aliphatic heterocycles. The van der Waals surface area contributed by atoms with Gasteiger partial charge in [0.1, 0.15) is 4.99 Å². The maximum Gasteiger partial charge on any atom is 0.161 e. The Balaban J connectivity index is 2.05. The van der Waals surface area contributed by atoms with Crippen LogP contribution in [0.3, 0.4) is 0 Å². The fourth-order valence-corrected chi connectivity index (χ4v) is 3.40. The van der Waals surface area contributed by atoms with Gasteiger partial charge in [-0.05, 0) is 24.8 Å². The molecule has 1 unspecified atom stereocenters. The highest BCUT2D eigenvalue weighted by Gasteiger charge is 2.35. The molecule has 0 saturated carbocycles. The number of ketones is 1. The number of benzene rings is 1. The van der Waals surface area contributed by atoms with Crippen LogP contribution in [0.15, 0.2) is 47.2 Å². The molecule has 1 atom stereocenters. The predicted octanol–water partition coefficient (Wildman–Crippen LogP) is 2.95. The molecule has 0 radical (unpaired) electrons. The van der Waals surface area contributed by atoms with Gasteiger partial charge in [-0.2, -0.15) is 0 Å². The van der Waals surface area contributed by atoms with E-state index in [1.165, 1.54) is 0 Å². The number of hydrogen-bond donors (Lipinski definition) is 1. The Kier molecular flexibility index (Phi) is 3.82. The van der Waals surface area contributed by atoms with E-state index in [2.05, 4.69) is 11.2 Å². The number of carbonyl (C=O) groups is 1. The molecule has 1 aliphatic carbocycles. The van der Waals surface area contributed by atoms with Gasteiger partial charge in [-0.1, -0.05) is 42.5 Å². The number of Topliss-reactive ketones (excluding diaryl/α,β-unsaturated/α-hetero) is 1. The number of rotatable bonds is 2. The number of thiocarbonyl (C=S) groups is 1. The Labute approximate surface area is 129 Å². The second kappa shape index (κ2) is 5.76. The number of hydrogen-bond acceptors (Lipinski definition) is 2. The molecule has 0 aromatic heterocycles. The zero-order chi connectivity index (χ0) is 14.8. The second-order valence-electron chi connectivity index (χ2n) is 5.39. The third-order valence-corrected chi connectivity index (χ3v) is 4.39. The van der Waals surface area contributed by atoms with Gasteiger partial charge in [-0.3, -0.25) is 10.7 Å². The van der Waals surface area contributed by atoms with Crippen LogP contribution >= 0.6 is 12.2 Å². The summed E-state index contributed by atoms with van der Waals surface area (Å²) in [4.78, 5) is 12.8. The van der Waals surface area contributed by atoms with Crippen LogP contribution in [0.25, 0.3) is 5.41 Å². The van der Waals surface area contributed by atoms with Gasteiger partial charge in [0.25, 0.3) is 0 Å². The molecular weight excluding hydrogens is 280 g/mol. The van der Waals surface area contributed by atoms with E-state index in [9.17, 15) is 10.2 Å². The largest absolute Gasteiger partial charge is 0.763 e. The molecule has 0 bridgehead atoms. The lowest BCUT2D eigenvalue weighted by Crippen LogP contribution is -2.39. The predicted molar refractivity (Wildman–Crippen MR) is 87.1 cm³/mol. The summed E-state index contributed by atoms with van der Waals surface area (Å²) >= 11 is 5.31. The van der Waals surface area contributed by atoms with Gasteiger partial charge in [0, 0.05) is 29.2 Å². The molecule has 1 aromatic carbocycles. The summed E-state index contributed by atoms with van der Waals surface area (Å²) in [6, 6.07) is 9.95. The van der Waals surface area contributed by atoms with Crippen molar-refractivity contribution in [1.82, 2.24) is 5.32 Å². The SMILES string of the molecule is [N-]=C=C1C(=S)NC2=C(C(=O)CCC2)C1Cc1ccccc1. The monoisotopic (exact) mass is 295 g/mol. The van der Waals surface area contributed by atoms with Gasteiger partial charge in [0.15, 0.2) is 5.78 Å². The molecule has 1 aromatic rings. The van der Waals surface area contributed by atoms with Crippen molar-refractivity contribution in [2.75, 3.05) is 0 Å². The zero-order valence-corrected chi connectivity index (χ0v) is 12.4. The van der Waals surface area contributed by atoms with Crippen LogP contribution < -0.4 is 5.32 Å². The third-order valence-electron chi connectivity index (χ3n) is 4.07. The highest BCUT2D eigenvalue weighted by Crippen LogP contribution is 2.35. The molecule has 1 N–H and O–H groups in total. The lowest BCUT2D eigenvalue weighted by atomic mass is 9.76. The summed E-state index contributed by atoms with van der Waals surface area (Å²) in [5.74, 6) is 2.16. The normalized spacial score (nSPS) is 21.7.